The highest BCUT2D eigenvalue weighted by Crippen LogP contribution is 2.35. The second kappa shape index (κ2) is 6.67. The van der Waals surface area contributed by atoms with Gasteiger partial charge in [0, 0.05) is 18.3 Å². The van der Waals surface area contributed by atoms with Crippen molar-refractivity contribution in [1.82, 2.24) is 0 Å². The Morgan fingerprint density at radius 3 is 2.52 bits per heavy atom. The number of methoxy groups -OCH3 is 2. The minimum Gasteiger partial charge on any atom is -0.503 e. The van der Waals surface area contributed by atoms with E-state index in [1.165, 1.54) is 20.3 Å². The third-order valence-corrected chi connectivity index (χ3v) is 3.56. The Bertz CT molecular complexity index is 649. The highest BCUT2D eigenvalue weighted by Gasteiger charge is 2.09. The van der Waals surface area contributed by atoms with Crippen LogP contribution in [0.4, 0.5) is 10.1 Å². The Morgan fingerprint density at radius 2 is 1.86 bits per heavy atom. The van der Waals surface area contributed by atoms with E-state index in [0.717, 1.165) is 11.3 Å². The van der Waals surface area contributed by atoms with Gasteiger partial charge in [-0.2, -0.15) is 0 Å². The summed E-state index contributed by atoms with van der Waals surface area (Å²) in [7, 11) is 2.91. The van der Waals surface area contributed by atoms with Crippen molar-refractivity contribution < 1.29 is 19.0 Å². The van der Waals surface area contributed by atoms with Gasteiger partial charge in [-0.3, -0.25) is 0 Å². The van der Waals surface area contributed by atoms with Crippen molar-refractivity contribution in [2.24, 2.45) is 0 Å². The van der Waals surface area contributed by atoms with Gasteiger partial charge in [-0.1, -0.05) is 0 Å². The lowest BCUT2D eigenvalue weighted by Crippen LogP contribution is -2.01. The van der Waals surface area contributed by atoms with E-state index in [-0.39, 0.29) is 11.5 Å². The summed E-state index contributed by atoms with van der Waals surface area (Å²) in [5.74, 6) is 0.226. The molecule has 0 amide bonds. The average Bonchev–Trinajstić information content (AvgIpc) is 2.49. The van der Waals surface area contributed by atoms with Crippen molar-refractivity contribution in [2.45, 2.75) is 6.54 Å². The van der Waals surface area contributed by atoms with Crippen LogP contribution in [0.15, 0.2) is 34.8 Å². The molecule has 0 saturated carbocycles. The molecule has 0 saturated heterocycles. The first-order chi connectivity index (χ1) is 10.0. The van der Waals surface area contributed by atoms with E-state index < -0.39 is 5.82 Å². The summed E-state index contributed by atoms with van der Waals surface area (Å²) in [6, 6.07) is 8.07. The van der Waals surface area contributed by atoms with Crippen LogP contribution < -0.4 is 14.8 Å². The molecule has 0 heterocycles. The standard InChI is InChI=1S/C15H15BrFNO3/c1-20-13-7-10(3-4-12(13)17)18-8-9-5-11(16)15(19)14(6-9)21-2/h3-7,18-19H,8H2,1-2H3. The van der Waals surface area contributed by atoms with E-state index in [2.05, 4.69) is 21.2 Å². The molecular weight excluding hydrogens is 341 g/mol. The monoisotopic (exact) mass is 355 g/mol. The van der Waals surface area contributed by atoms with E-state index in [0.29, 0.717) is 16.8 Å². The lowest BCUT2D eigenvalue weighted by molar-refractivity contribution is 0.371. The van der Waals surface area contributed by atoms with Crippen LogP contribution in [0, 0.1) is 5.82 Å². The maximum Gasteiger partial charge on any atom is 0.172 e. The number of hydrogen-bond acceptors (Lipinski definition) is 4. The van der Waals surface area contributed by atoms with Gasteiger partial charge >= 0.3 is 0 Å². The molecule has 0 aliphatic carbocycles. The molecule has 4 nitrogen and oxygen atoms in total. The molecule has 21 heavy (non-hydrogen) atoms. The van der Waals surface area contributed by atoms with Crippen molar-refractivity contribution in [2.75, 3.05) is 19.5 Å². The van der Waals surface area contributed by atoms with Gasteiger partial charge in [-0.05, 0) is 45.8 Å². The van der Waals surface area contributed by atoms with Crippen LogP contribution in [0.25, 0.3) is 0 Å². The molecular formula is C15H15BrFNO3. The first-order valence-corrected chi connectivity index (χ1v) is 6.97. The zero-order chi connectivity index (χ0) is 15.4. The summed E-state index contributed by atoms with van der Waals surface area (Å²) >= 11 is 3.27. The number of hydrogen-bond donors (Lipinski definition) is 2. The Morgan fingerprint density at radius 1 is 1.14 bits per heavy atom. The van der Waals surface area contributed by atoms with Crippen LogP contribution in [0.2, 0.25) is 0 Å². The van der Waals surface area contributed by atoms with Gasteiger partial charge in [0.1, 0.15) is 0 Å². The molecule has 2 aromatic carbocycles. The fraction of sp³-hybridized carbons (Fsp3) is 0.200. The smallest absolute Gasteiger partial charge is 0.172 e. The molecule has 0 spiro atoms. The number of benzene rings is 2. The van der Waals surface area contributed by atoms with Crippen molar-refractivity contribution in [3.63, 3.8) is 0 Å². The van der Waals surface area contributed by atoms with Crippen LogP contribution in [-0.4, -0.2) is 19.3 Å². The molecule has 0 aliphatic heterocycles. The Hall–Kier alpha value is -1.95. The van der Waals surface area contributed by atoms with Crippen LogP contribution in [0.5, 0.6) is 17.2 Å². The summed E-state index contributed by atoms with van der Waals surface area (Å²) in [5.41, 5.74) is 1.64. The summed E-state index contributed by atoms with van der Waals surface area (Å²) in [6.07, 6.45) is 0. The predicted molar refractivity (Wildman–Crippen MR) is 82.6 cm³/mol. The molecule has 2 N–H and O–H groups in total. The molecule has 0 radical (unpaired) electrons. The first kappa shape index (κ1) is 15.4. The number of nitrogens with one attached hydrogen (secondary N) is 1. The maximum absolute atomic E-state index is 13.3. The highest BCUT2D eigenvalue weighted by molar-refractivity contribution is 9.10. The molecule has 0 fully saturated rings. The fourth-order valence-electron chi connectivity index (χ4n) is 1.86. The summed E-state index contributed by atoms with van der Waals surface area (Å²) in [5, 5.41) is 12.9. The Labute approximate surface area is 130 Å². The van der Waals surface area contributed by atoms with Crippen LogP contribution >= 0.6 is 15.9 Å². The molecule has 0 aromatic heterocycles. The summed E-state index contributed by atoms with van der Waals surface area (Å²) in [6.45, 7) is 0.490. The molecule has 0 atom stereocenters. The minimum absolute atomic E-state index is 0.0599. The molecule has 2 aromatic rings. The molecule has 2 rings (SSSR count). The third-order valence-electron chi connectivity index (χ3n) is 2.96. The van der Waals surface area contributed by atoms with Gasteiger partial charge < -0.3 is 19.9 Å². The summed E-state index contributed by atoms with van der Waals surface area (Å²) < 4.78 is 23.9. The molecule has 112 valence electrons. The van der Waals surface area contributed by atoms with Crippen molar-refractivity contribution in [3.8, 4) is 17.2 Å². The highest BCUT2D eigenvalue weighted by atomic mass is 79.9. The van der Waals surface area contributed by atoms with Crippen molar-refractivity contribution in [3.05, 3.63) is 46.2 Å². The van der Waals surface area contributed by atoms with Crippen LogP contribution in [-0.2, 0) is 6.54 Å². The molecule has 0 unspecified atom stereocenters. The number of ether oxygens (including phenoxy) is 2. The fourth-order valence-corrected chi connectivity index (χ4v) is 2.35. The first-order valence-electron chi connectivity index (χ1n) is 6.18. The predicted octanol–water partition coefficient (Wildman–Crippen LogP) is 3.92. The average molecular weight is 356 g/mol. The second-order valence-corrected chi connectivity index (χ2v) is 5.19. The van der Waals surface area contributed by atoms with Gasteiger partial charge in [0.2, 0.25) is 0 Å². The van der Waals surface area contributed by atoms with Gasteiger partial charge in [0.15, 0.2) is 23.1 Å². The lowest BCUT2D eigenvalue weighted by Gasteiger charge is -2.11. The quantitative estimate of drug-likeness (QED) is 0.853. The third kappa shape index (κ3) is 3.58. The van der Waals surface area contributed by atoms with E-state index in [9.17, 15) is 9.50 Å². The zero-order valence-corrected chi connectivity index (χ0v) is 13.2. The Kier molecular flexibility index (Phi) is 4.90. The van der Waals surface area contributed by atoms with E-state index >= 15 is 0 Å². The van der Waals surface area contributed by atoms with Crippen LogP contribution in [0.3, 0.4) is 0 Å². The van der Waals surface area contributed by atoms with E-state index in [4.69, 9.17) is 9.47 Å². The number of rotatable bonds is 5. The number of halogens is 2. The number of phenols is 1. The van der Waals surface area contributed by atoms with Gasteiger partial charge in [0.25, 0.3) is 0 Å². The molecule has 6 heteroatoms. The zero-order valence-electron chi connectivity index (χ0n) is 11.6. The SMILES string of the molecule is COc1cc(NCc2cc(Br)c(O)c(OC)c2)ccc1F. The largest absolute Gasteiger partial charge is 0.503 e. The van der Waals surface area contributed by atoms with Crippen LogP contribution in [0.1, 0.15) is 5.56 Å². The van der Waals surface area contributed by atoms with Crippen molar-refractivity contribution >= 4 is 21.6 Å². The Balaban J connectivity index is 2.15. The van der Waals surface area contributed by atoms with E-state index in [1.807, 2.05) is 0 Å². The maximum atomic E-state index is 13.3. The summed E-state index contributed by atoms with van der Waals surface area (Å²) in [4.78, 5) is 0. The molecule has 0 bridgehead atoms. The van der Waals surface area contributed by atoms with Gasteiger partial charge in [-0.15, -0.1) is 0 Å². The molecule has 0 aliphatic rings. The van der Waals surface area contributed by atoms with Gasteiger partial charge in [0.05, 0.1) is 18.7 Å². The number of anilines is 1. The topological polar surface area (TPSA) is 50.7 Å². The number of phenolic OH excluding ortho intramolecular Hbond substituents is 1. The normalized spacial score (nSPS) is 10.3. The lowest BCUT2D eigenvalue weighted by atomic mass is 10.2. The van der Waals surface area contributed by atoms with E-state index in [1.54, 1.807) is 24.3 Å². The minimum atomic E-state index is -0.405. The second-order valence-electron chi connectivity index (χ2n) is 4.33. The van der Waals surface area contributed by atoms with Gasteiger partial charge in [-0.25, -0.2) is 4.39 Å². The number of aromatic hydroxyl groups is 1. The van der Waals surface area contributed by atoms with Crippen molar-refractivity contribution in [1.29, 1.82) is 0 Å².